The number of halogens is 1. The van der Waals surface area contributed by atoms with Crippen molar-refractivity contribution >= 4 is 34.4 Å². The average Bonchev–Trinajstić information content (AvgIpc) is 2.39. The Bertz CT molecular complexity index is 701. The monoisotopic (exact) mass is 313 g/mol. The van der Waals surface area contributed by atoms with Crippen LogP contribution in [0.3, 0.4) is 0 Å². The van der Waals surface area contributed by atoms with Gasteiger partial charge >= 0.3 is 0 Å². The van der Waals surface area contributed by atoms with Crippen LogP contribution in [0.1, 0.15) is 12.5 Å². The van der Waals surface area contributed by atoms with Crippen molar-refractivity contribution in [1.82, 2.24) is 0 Å². The predicted molar refractivity (Wildman–Crippen MR) is 86.6 cm³/mol. The van der Waals surface area contributed by atoms with E-state index in [9.17, 15) is 0 Å². The lowest BCUT2D eigenvalue weighted by Gasteiger charge is -2.04. The highest BCUT2D eigenvalue weighted by atomic mass is 79.9. The second-order valence-corrected chi connectivity index (χ2v) is 5.21. The van der Waals surface area contributed by atoms with E-state index in [1.54, 1.807) is 0 Å². The lowest BCUT2D eigenvalue weighted by atomic mass is 10.1. The smallest absolute Gasteiger partial charge is 0.0521 e. The largest absolute Gasteiger partial charge is 0.265 e. The number of nitrogens with zero attached hydrogens (tertiary/aromatic N) is 1. The third-order valence-electron chi connectivity index (χ3n) is 2.87. The SMILES string of the molecule is C=c1cccc/c1=C(\Cc1cccc(Br)c1)N=CC. The molecule has 0 aliphatic rings. The zero-order chi connectivity index (χ0) is 13.7. The van der Waals surface area contributed by atoms with E-state index in [1.165, 1.54) is 5.56 Å². The summed E-state index contributed by atoms with van der Waals surface area (Å²) < 4.78 is 1.09. The van der Waals surface area contributed by atoms with E-state index >= 15 is 0 Å². The molecule has 2 aromatic rings. The molecule has 0 unspecified atom stereocenters. The Hall–Kier alpha value is -1.67. The molecule has 0 fully saturated rings. The van der Waals surface area contributed by atoms with Gasteiger partial charge in [0.05, 0.1) is 5.70 Å². The standard InChI is InChI=1S/C17H16BrN/c1-3-19-17(16-10-5-4-7-13(16)2)12-14-8-6-9-15(18)11-14/h3-11H,2,12H2,1H3/b17-16-,19-3?. The molecule has 1 nitrogen and oxygen atoms in total. The number of hydrogen-bond acceptors (Lipinski definition) is 1. The molecular weight excluding hydrogens is 298 g/mol. The maximum Gasteiger partial charge on any atom is 0.0521 e. The van der Waals surface area contributed by atoms with Gasteiger partial charge < -0.3 is 0 Å². The normalized spacial score (nSPS) is 12.7. The van der Waals surface area contributed by atoms with Gasteiger partial charge in [-0.15, -0.1) is 0 Å². The maximum absolute atomic E-state index is 4.52. The Morgan fingerprint density at radius 3 is 2.68 bits per heavy atom. The highest BCUT2D eigenvalue weighted by Crippen LogP contribution is 2.15. The van der Waals surface area contributed by atoms with Crippen molar-refractivity contribution in [3.05, 3.63) is 69.0 Å². The van der Waals surface area contributed by atoms with Crippen molar-refractivity contribution in [1.29, 1.82) is 0 Å². The minimum atomic E-state index is 0.802. The zero-order valence-corrected chi connectivity index (χ0v) is 12.5. The van der Waals surface area contributed by atoms with Gasteiger partial charge in [-0.3, -0.25) is 4.99 Å². The molecule has 0 radical (unpaired) electrons. The summed E-state index contributed by atoms with van der Waals surface area (Å²) >= 11 is 3.50. The highest BCUT2D eigenvalue weighted by molar-refractivity contribution is 9.10. The molecule has 0 aromatic heterocycles. The molecular formula is C17H16BrN. The van der Waals surface area contributed by atoms with Crippen LogP contribution in [-0.4, -0.2) is 6.21 Å². The van der Waals surface area contributed by atoms with Gasteiger partial charge in [0.25, 0.3) is 0 Å². The average molecular weight is 314 g/mol. The van der Waals surface area contributed by atoms with E-state index in [4.69, 9.17) is 0 Å². The molecule has 0 saturated carbocycles. The third-order valence-corrected chi connectivity index (χ3v) is 3.37. The molecule has 0 amide bonds. The van der Waals surface area contributed by atoms with E-state index in [-0.39, 0.29) is 0 Å². The Morgan fingerprint density at radius 2 is 2.00 bits per heavy atom. The van der Waals surface area contributed by atoms with Gasteiger partial charge in [0.2, 0.25) is 0 Å². The lowest BCUT2D eigenvalue weighted by Crippen LogP contribution is -2.25. The molecule has 2 rings (SSSR count). The molecule has 0 N–H and O–H groups in total. The van der Waals surface area contributed by atoms with Crippen LogP contribution in [0.25, 0.3) is 12.3 Å². The molecule has 0 heterocycles. The Kier molecular flexibility index (Phi) is 4.69. The van der Waals surface area contributed by atoms with Gasteiger partial charge in [0.15, 0.2) is 0 Å². The predicted octanol–water partition coefficient (Wildman–Crippen LogP) is 3.30. The van der Waals surface area contributed by atoms with Gasteiger partial charge in [-0.05, 0) is 29.8 Å². The lowest BCUT2D eigenvalue weighted by molar-refractivity contribution is 1.21. The number of aliphatic imine (C=N–C) groups is 1. The van der Waals surface area contributed by atoms with Crippen molar-refractivity contribution in [3.8, 4) is 0 Å². The fourth-order valence-electron chi connectivity index (χ4n) is 2.01. The molecule has 2 heteroatoms. The van der Waals surface area contributed by atoms with Gasteiger partial charge in [0, 0.05) is 22.3 Å². The summed E-state index contributed by atoms with van der Waals surface area (Å²) in [6, 6.07) is 16.4. The summed E-state index contributed by atoms with van der Waals surface area (Å²) in [5.41, 5.74) is 2.28. The first-order valence-electron chi connectivity index (χ1n) is 6.21. The Balaban J connectivity index is 2.52. The first-order chi connectivity index (χ1) is 9.20. The van der Waals surface area contributed by atoms with Gasteiger partial charge in [-0.2, -0.15) is 0 Å². The fourth-order valence-corrected chi connectivity index (χ4v) is 2.46. The molecule has 19 heavy (non-hydrogen) atoms. The summed E-state index contributed by atoms with van der Waals surface area (Å²) in [5, 5.41) is 2.12. The van der Waals surface area contributed by atoms with Crippen LogP contribution in [-0.2, 0) is 6.42 Å². The van der Waals surface area contributed by atoms with E-state index in [2.05, 4.69) is 45.7 Å². The van der Waals surface area contributed by atoms with E-state index in [0.717, 1.165) is 27.0 Å². The summed E-state index contributed by atoms with van der Waals surface area (Å²) in [6.07, 6.45) is 2.63. The van der Waals surface area contributed by atoms with Gasteiger partial charge in [0.1, 0.15) is 0 Å². The van der Waals surface area contributed by atoms with Crippen LogP contribution in [0.4, 0.5) is 0 Å². The van der Waals surface area contributed by atoms with Crippen LogP contribution in [0.2, 0.25) is 0 Å². The Labute approximate surface area is 122 Å². The Morgan fingerprint density at radius 1 is 1.21 bits per heavy atom. The summed E-state index contributed by atoms with van der Waals surface area (Å²) in [4.78, 5) is 4.52. The van der Waals surface area contributed by atoms with Crippen LogP contribution >= 0.6 is 15.9 Å². The van der Waals surface area contributed by atoms with E-state index in [1.807, 2.05) is 43.5 Å². The van der Waals surface area contributed by atoms with E-state index in [0.29, 0.717) is 0 Å². The number of hydrogen-bond donors (Lipinski definition) is 0. The summed E-state index contributed by atoms with van der Waals surface area (Å²) in [7, 11) is 0. The third kappa shape index (κ3) is 3.65. The molecule has 0 bridgehead atoms. The first kappa shape index (κ1) is 13.8. The quantitative estimate of drug-likeness (QED) is 0.771. The molecule has 0 aliphatic carbocycles. The molecule has 96 valence electrons. The topological polar surface area (TPSA) is 12.4 Å². The van der Waals surface area contributed by atoms with Crippen LogP contribution in [0.5, 0.6) is 0 Å². The van der Waals surface area contributed by atoms with E-state index < -0.39 is 0 Å². The minimum absolute atomic E-state index is 0.802. The van der Waals surface area contributed by atoms with Crippen molar-refractivity contribution < 1.29 is 0 Å². The molecule has 0 spiro atoms. The van der Waals surface area contributed by atoms with Gasteiger partial charge in [-0.25, -0.2) is 0 Å². The number of rotatable bonds is 3. The maximum atomic E-state index is 4.52. The molecule has 0 aliphatic heterocycles. The fraction of sp³-hybridized carbons (Fsp3) is 0.118. The second-order valence-electron chi connectivity index (χ2n) is 4.30. The van der Waals surface area contributed by atoms with Crippen LogP contribution in [0.15, 0.2) is 58.0 Å². The van der Waals surface area contributed by atoms with Crippen molar-refractivity contribution in [2.45, 2.75) is 13.3 Å². The van der Waals surface area contributed by atoms with Crippen LogP contribution < -0.4 is 10.4 Å². The zero-order valence-electron chi connectivity index (χ0n) is 10.9. The van der Waals surface area contributed by atoms with Crippen molar-refractivity contribution in [2.75, 3.05) is 0 Å². The molecule has 0 atom stereocenters. The van der Waals surface area contributed by atoms with Crippen LogP contribution in [0, 0.1) is 0 Å². The number of benzene rings is 2. The minimum Gasteiger partial charge on any atom is -0.265 e. The molecule has 0 saturated heterocycles. The highest BCUT2D eigenvalue weighted by Gasteiger charge is 2.00. The summed E-state index contributed by atoms with van der Waals surface area (Å²) in [5.74, 6) is 0. The summed E-state index contributed by atoms with van der Waals surface area (Å²) in [6.45, 7) is 6.02. The van der Waals surface area contributed by atoms with Crippen molar-refractivity contribution in [2.24, 2.45) is 4.99 Å². The first-order valence-corrected chi connectivity index (χ1v) is 7.00. The molecule has 2 aromatic carbocycles. The second kappa shape index (κ2) is 6.48. The van der Waals surface area contributed by atoms with Crippen molar-refractivity contribution in [3.63, 3.8) is 0 Å². The van der Waals surface area contributed by atoms with Gasteiger partial charge in [-0.1, -0.05) is 58.9 Å².